The molecular formula is C19H17ClN4O3S. The third-order valence-corrected chi connectivity index (χ3v) is 5.42. The van der Waals surface area contributed by atoms with Crippen LogP contribution in [0.4, 0.5) is 11.4 Å². The van der Waals surface area contributed by atoms with Gasteiger partial charge in [0.2, 0.25) is 5.91 Å². The lowest BCUT2D eigenvalue weighted by Crippen LogP contribution is -2.15. The highest BCUT2D eigenvalue weighted by Gasteiger charge is 2.13. The van der Waals surface area contributed by atoms with Crippen LogP contribution in [0.1, 0.15) is 11.1 Å². The Morgan fingerprint density at radius 3 is 2.71 bits per heavy atom. The molecule has 0 bridgehead atoms. The number of rotatable bonds is 6. The number of hydrogen-bond donors (Lipinski definition) is 1. The van der Waals surface area contributed by atoms with Crippen LogP contribution in [0.2, 0.25) is 5.02 Å². The lowest BCUT2D eigenvalue weighted by atomic mass is 10.1. The molecule has 28 heavy (non-hydrogen) atoms. The Hall–Kier alpha value is -2.84. The number of aryl methyl sites for hydroxylation is 2. The summed E-state index contributed by atoms with van der Waals surface area (Å²) in [5.74, 6) is -0.162. The van der Waals surface area contributed by atoms with Crippen LogP contribution in [-0.2, 0) is 4.79 Å². The maximum atomic E-state index is 12.3. The van der Waals surface area contributed by atoms with Crippen LogP contribution in [0.15, 0.2) is 53.9 Å². The minimum Gasteiger partial charge on any atom is -0.324 e. The minimum absolute atomic E-state index is 0.115. The van der Waals surface area contributed by atoms with E-state index in [1.165, 1.54) is 41.1 Å². The number of carbonyl (C=O) groups is 1. The highest BCUT2D eigenvalue weighted by atomic mass is 35.5. The van der Waals surface area contributed by atoms with Crippen LogP contribution < -0.4 is 5.32 Å². The summed E-state index contributed by atoms with van der Waals surface area (Å²) >= 11 is 7.30. The van der Waals surface area contributed by atoms with Gasteiger partial charge in [0, 0.05) is 30.2 Å². The van der Waals surface area contributed by atoms with Crippen molar-refractivity contribution in [2.24, 2.45) is 0 Å². The molecule has 7 nitrogen and oxygen atoms in total. The summed E-state index contributed by atoms with van der Waals surface area (Å²) in [6, 6.07) is 10.0. The number of carbonyl (C=O) groups excluding carboxylic acids is 1. The molecule has 0 aliphatic rings. The second kappa shape index (κ2) is 8.45. The van der Waals surface area contributed by atoms with Crippen LogP contribution in [0.3, 0.4) is 0 Å². The number of nitrogens with one attached hydrogen (secondary N) is 1. The summed E-state index contributed by atoms with van der Waals surface area (Å²) in [5, 5.41) is 14.2. The van der Waals surface area contributed by atoms with Gasteiger partial charge in [-0.15, -0.1) is 0 Å². The molecule has 9 heteroatoms. The van der Waals surface area contributed by atoms with E-state index in [4.69, 9.17) is 11.6 Å². The van der Waals surface area contributed by atoms with Gasteiger partial charge in [-0.05, 0) is 43.2 Å². The van der Waals surface area contributed by atoms with Gasteiger partial charge in [0.1, 0.15) is 0 Å². The summed E-state index contributed by atoms with van der Waals surface area (Å²) in [6.07, 6.45) is 3.53. The Kier molecular flexibility index (Phi) is 6.01. The number of nitrogens with zero attached hydrogens (tertiary/aromatic N) is 3. The van der Waals surface area contributed by atoms with E-state index in [-0.39, 0.29) is 22.4 Å². The highest BCUT2D eigenvalue weighted by molar-refractivity contribution is 7.99. The van der Waals surface area contributed by atoms with Crippen molar-refractivity contribution in [3.8, 4) is 5.69 Å². The fourth-order valence-electron chi connectivity index (χ4n) is 2.50. The van der Waals surface area contributed by atoms with Crippen molar-refractivity contribution in [1.82, 2.24) is 9.55 Å². The van der Waals surface area contributed by atoms with Crippen LogP contribution in [0.25, 0.3) is 5.69 Å². The molecule has 1 amide bonds. The Labute approximate surface area is 170 Å². The third kappa shape index (κ3) is 4.52. The number of anilines is 1. The summed E-state index contributed by atoms with van der Waals surface area (Å²) in [4.78, 5) is 26.8. The van der Waals surface area contributed by atoms with Gasteiger partial charge in [-0.3, -0.25) is 19.5 Å². The zero-order valence-corrected chi connectivity index (χ0v) is 16.8. The molecule has 0 unspecified atom stereocenters. The lowest BCUT2D eigenvalue weighted by molar-refractivity contribution is -0.384. The molecule has 0 saturated carbocycles. The molecule has 0 spiro atoms. The smallest absolute Gasteiger partial charge is 0.271 e. The zero-order chi connectivity index (χ0) is 20.3. The van der Waals surface area contributed by atoms with E-state index < -0.39 is 4.92 Å². The first-order valence-corrected chi connectivity index (χ1v) is 9.69. The van der Waals surface area contributed by atoms with Crippen molar-refractivity contribution in [3.05, 3.63) is 75.1 Å². The molecule has 1 aromatic heterocycles. The molecule has 2 aromatic carbocycles. The largest absolute Gasteiger partial charge is 0.324 e. The minimum atomic E-state index is -0.542. The van der Waals surface area contributed by atoms with E-state index in [0.717, 1.165) is 5.69 Å². The van der Waals surface area contributed by atoms with Crippen molar-refractivity contribution in [1.29, 1.82) is 0 Å². The SMILES string of the molecule is Cc1ccc(-n2ccnc2SCC(=O)Nc2ccc([N+](=O)[O-])cc2Cl)cc1C. The van der Waals surface area contributed by atoms with E-state index in [1.807, 2.05) is 29.8 Å². The first-order valence-electron chi connectivity index (χ1n) is 8.32. The van der Waals surface area contributed by atoms with Crippen molar-refractivity contribution in [2.45, 2.75) is 19.0 Å². The summed E-state index contributed by atoms with van der Waals surface area (Å²) < 4.78 is 1.92. The molecule has 0 aliphatic carbocycles. The van der Waals surface area contributed by atoms with Gasteiger partial charge in [-0.2, -0.15) is 0 Å². The van der Waals surface area contributed by atoms with Gasteiger partial charge in [-0.1, -0.05) is 29.4 Å². The molecule has 1 N–H and O–H groups in total. The molecule has 0 saturated heterocycles. The Morgan fingerprint density at radius 2 is 2.04 bits per heavy atom. The molecule has 3 rings (SSSR count). The number of amides is 1. The number of aromatic nitrogens is 2. The Balaban J connectivity index is 1.67. The number of hydrogen-bond acceptors (Lipinski definition) is 5. The van der Waals surface area contributed by atoms with Crippen molar-refractivity contribution < 1.29 is 9.72 Å². The van der Waals surface area contributed by atoms with Crippen LogP contribution >= 0.6 is 23.4 Å². The second-order valence-corrected chi connectivity index (χ2v) is 7.46. The van der Waals surface area contributed by atoms with Crippen LogP contribution in [0.5, 0.6) is 0 Å². The Morgan fingerprint density at radius 1 is 1.25 bits per heavy atom. The molecule has 0 aliphatic heterocycles. The van der Waals surface area contributed by atoms with Crippen molar-refractivity contribution >= 4 is 40.6 Å². The first kappa shape index (κ1) is 19.9. The van der Waals surface area contributed by atoms with Gasteiger partial charge in [-0.25, -0.2) is 4.98 Å². The van der Waals surface area contributed by atoms with E-state index >= 15 is 0 Å². The van der Waals surface area contributed by atoms with Gasteiger partial charge >= 0.3 is 0 Å². The summed E-state index contributed by atoms with van der Waals surface area (Å²) in [6.45, 7) is 4.10. The lowest BCUT2D eigenvalue weighted by Gasteiger charge is -2.10. The van der Waals surface area contributed by atoms with Crippen molar-refractivity contribution in [3.63, 3.8) is 0 Å². The van der Waals surface area contributed by atoms with E-state index in [2.05, 4.69) is 23.3 Å². The molecule has 0 fully saturated rings. The fourth-order valence-corrected chi connectivity index (χ4v) is 3.50. The molecule has 3 aromatic rings. The second-order valence-electron chi connectivity index (χ2n) is 6.11. The van der Waals surface area contributed by atoms with Crippen LogP contribution in [0, 0.1) is 24.0 Å². The maximum Gasteiger partial charge on any atom is 0.271 e. The van der Waals surface area contributed by atoms with Gasteiger partial charge in [0.05, 0.1) is 21.4 Å². The number of halogens is 1. The molecule has 144 valence electrons. The topological polar surface area (TPSA) is 90.1 Å². The van der Waals surface area contributed by atoms with E-state index in [9.17, 15) is 14.9 Å². The maximum absolute atomic E-state index is 12.3. The zero-order valence-electron chi connectivity index (χ0n) is 15.2. The standard InChI is InChI=1S/C19H17ClN4O3S/c1-12-3-4-14(9-13(12)2)23-8-7-21-19(23)28-11-18(25)22-17-6-5-15(24(26)27)10-16(17)20/h3-10H,11H2,1-2H3,(H,22,25). The van der Waals surface area contributed by atoms with E-state index in [0.29, 0.717) is 10.8 Å². The number of nitro groups is 1. The van der Waals surface area contributed by atoms with Gasteiger partial charge < -0.3 is 5.32 Å². The summed E-state index contributed by atoms with van der Waals surface area (Å²) in [7, 11) is 0. The van der Waals surface area contributed by atoms with Gasteiger partial charge in [0.25, 0.3) is 5.69 Å². The predicted molar refractivity (Wildman–Crippen MR) is 110 cm³/mol. The Bertz CT molecular complexity index is 1050. The number of imidazole rings is 1. The first-order chi connectivity index (χ1) is 13.3. The monoisotopic (exact) mass is 416 g/mol. The normalized spacial score (nSPS) is 10.7. The molecule has 1 heterocycles. The van der Waals surface area contributed by atoms with E-state index in [1.54, 1.807) is 6.20 Å². The van der Waals surface area contributed by atoms with Crippen LogP contribution in [-0.4, -0.2) is 26.1 Å². The summed E-state index contributed by atoms with van der Waals surface area (Å²) in [5.41, 5.74) is 3.55. The van der Waals surface area contributed by atoms with Gasteiger partial charge in [0.15, 0.2) is 5.16 Å². The quantitative estimate of drug-likeness (QED) is 0.354. The van der Waals surface area contributed by atoms with Crippen molar-refractivity contribution in [2.75, 3.05) is 11.1 Å². The number of benzene rings is 2. The average Bonchev–Trinajstić information content (AvgIpc) is 3.12. The number of thioether (sulfide) groups is 1. The highest BCUT2D eigenvalue weighted by Crippen LogP contribution is 2.27. The predicted octanol–water partition coefficient (Wildman–Crippen LogP) is 4.78. The molecule has 0 radical (unpaired) electrons. The number of non-ortho nitro benzene ring substituents is 1. The fraction of sp³-hybridized carbons (Fsp3) is 0.158. The molecule has 0 atom stereocenters. The third-order valence-electron chi connectivity index (χ3n) is 4.15. The average molecular weight is 417 g/mol. The number of nitro benzene ring substituents is 1. The molecular weight excluding hydrogens is 400 g/mol.